The van der Waals surface area contributed by atoms with Gasteiger partial charge in [-0.2, -0.15) is 0 Å². The van der Waals surface area contributed by atoms with Crippen LogP contribution in [0.4, 0.5) is 9.59 Å². The molecule has 1 aromatic carbocycles. The molecule has 1 N–H and O–H groups in total. The number of rotatable bonds is 14. The van der Waals surface area contributed by atoms with Crippen LogP contribution in [0.1, 0.15) is 66.4 Å². The van der Waals surface area contributed by atoms with Crippen LogP contribution < -0.4 is 14.8 Å². The summed E-state index contributed by atoms with van der Waals surface area (Å²) in [5, 5.41) is 3.05. The van der Waals surface area contributed by atoms with Crippen molar-refractivity contribution >= 4 is 24.2 Å². The van der Waals surface area contributed by atoms with Crippen molar-refractivity contribution in [2.24, 2.45) is 0 Å². The molecule has 1 rings (SSSR count). The fraction of sp³-hybridized carbons (Fsp3) is 0.615. The van der Waals surface area contributed by atoms with Crippen molar-refractivity contribution in [3.8, 4) is 11.5 Å². The lowest BCUT2D eigenvalue weighted by molar-refractivity contribution is -0.148. The van der Waals surface area contributed by atoms with Crippen LogP contribution in [0.15, 0.2) is 18.2 Å². The van der Waals surface area contributed by atoms with E-state index >= 15 is 0 Å². The molecule has 0 heterocycles. The third kappa shape index (κ3) is 13.0. The van der Waals surface area contributed by atoms with Crippen molar-refractivity contribution in [1.29, 1.82) is 0 Å². The van der Waals surface area contributed by atoms with Gasteiger partial charge >= 0.3 is 24.2 Å². The Bertz CT molecular complexity index is 899. The predicted molar refractivity (Wildman–Crippen MR) is 134 cm³/mol. The molecule has 1 aromatic rings. The summed E-state index contributed by atoms with van der Waals surface area (Å²) >= 11 is 0. The monoisotopic (exact) mass is 525 g/mol. The third-order valence-corrected chi connectivity index (χ3v) is 4.70. The molecule has 0 aliphatic heterocycles. The lowest BCUT2D eigenvalue weighted by atomic mass is 10.0. The lowest BCUT2D eigenvalue weighted by Crippen LogP contribution is -2.43. The summed E-state index contributed by atoms with van der Waals surface area (Å²) in [6.45, 7) is 10.6. The van der Waals surface area contributed by atoms with Crippen LogP contribution in [0, 0.1) is 0 Å². The van der Waals surface area contributed by atoms with Gasteiger partial charge < -0.3 is 33.7 Å². The Hall–Kier alpha value is -3.34. The normalized spacial score (nSPS) is 12.5. The molecule has 0 saturated heterocycles. The van der Waals surface area contributed by atoms with Gasteiger partial charge in [0.05, 0.1) is 19.3 Å². The molecule has 0 fully saturated rings. The zero-order valence-electron chi connectivity index (χ0n) is 22.7. The highest BCUT2D eigenvalue weighted by Crippen LogP contribution is 2.30. The molecule has 1 unspecified atom stereocenters. The highest BCUT2D eigenvalue weighted by atomic mass is 16.7. The smallest absolute Gasteiger partial charge is 0.468 e. The molecule has 2 atom stereocenters. The number of ether oxygens (including phenoxy) is 6. The first-order valence-corrected chi connectivity index (χ1v) is 12.4. The average Bonchev–Trinajstić information content (AvgIpc) is 2.80. The van der Waals surface area contributed by atoms with Crippen LogP contribution in [0.3, 0.4) is 0 Å². The van der Waals surface area contributed by atoms with E-state index in [1.54, 1.807) is 40.7 Å². The summed E-state index contributed by atoms with van der Waals surface area (Å²) in [5.74, 6) is -0.990. The second-order valence-corrected chi connectivity index (χ2v) is 8.91. The van der Waals surface area contributed by atoms with E-state index in [4.69, 9.17) is 28.4 Å². The molecule has 208 valence electrons. The maximum absolute atomic E-state index is 12.4. The lowest BCUT2D eigenvalue weighted by Gasteiger charge is -2.20. The summed E-state index contributed by atoms with van der Waals surface area (Å²) in [6.07, 6.45) is -1.18. The molecular formula is C26H39NO10. The number of methoxy groups -OCH3 is 1. The number of unbranched alkanes of at least 4 members (excludes halogenated alkanes) is 1. The van der Waals surface area contributed by atoms with E-state index in [2.05, 4.69) is 5.32 Å². The van der Waals surface area contributed by atoms with Crippen LogP contribution in [0.2, 0.25) is 0 Å². The number of carbonyl (C=O) groups excluding carboxylic acids is 4. The molecule has 11 nitrogen and oxygen atoms in total. The van der Waals surface area contributed by atoms with E-state index < -0.39 is 42.6 Å². The SMILES string of the molecule is CCCCC(=O)OC(C)CN[C@@H](Cc1ccc(OC(=O)OC(C)C)c(OC(=O)OC(C)C)c1)C(=O)OC. The molecule has 0 aromatic heterocycles. The van der Waals surface area contributed by atoms with Crippen LogP contribution in [0.25, 0.3) is 0 Å². The van der Waals surface area contributed by atoms with Crippen molar-refractivity contribution in [2.45, 2.75) is 91.6 Å². The molecule has 0 spiro atoms. The number of nitrogens with one attached hydrogen (secondary N) is 1. The fourth-order valence-corrected chi connectivity index (χ4v) is 3.03. The standard InChI is InChI=1S/C26H39NO10/c1-8-9-10-23(28)35-18(6)15-27-20(24(29)32-7)13-19-11-12-21(36-25(30)33-16(2)3)22(14-19)37-26(31)34-17(4)5/h11-12,14,16-18,20,27H,8-10,13,15H2,1-7H3/t18?,20-/m0/s1. The minimum Gasteiger partial charge on any atom is -0.468 e. The van der Waals surface area contributed by atoms with E-state index in [9.17, 15) is 19.2 Å². The summed E-state index contributed by atoms with van der Waals surface area (Å²) < 4.78 is 30.7. The first-order chi connectivity index (χ1) is 17.4. The number of esters is 2. The van der Waals surface area contributed by atoms with Crippen LogP contribution in [0.5, 0.6) is 11.5 Å². The van der Waals surface area contributed by atoms with Gasteiger partial charge in [0.15, 0.2) is 11.5 Å². The Morgan fingerprint density at radius 3 is 2.00 bits per heavy atom. The Balaban J connectivity index is 3.03. The number of benzene rings is 1. The van der Waals surface area contributed by atoms with Gasteiger partial charge in [-0.1, -0.05) is 19.4 Å². The summed E-state index contributed by atoms with van der Waals surface area (Å²) in [7, 11) is 1.26. The molecule has 0 amide bonds. The minimum atomic E-state index is -0.990. The Kier molecular flexibility index (Phi) is 14.1. The van der Waals surface area contributed by atoms with Gasteiger partial charge in [0.25, 0.3) is 0 Å². The van der Waals surface area contributed by atoms with Crippen molar-refractivity contribution in [1.82, 2.24) is 5.32 Å². The van der Waals surface area contributed by atoms with Crippen LogP contribution in [-0.4, -0.2) is 62.3 Å². The number of carbonyl (C=O) groups is 4. The highest BCUT2D eigenvalue weighted by Gasteiger charge is 2.23. The molecule has 0 aliphatic carbocycles. The van der Waals surface area contributed by atoms with Crippen molar-refractivity contribution < 1.29 is 47.6 Å². The summed E-state index contributed by atoms with van der Waals surface area (Å²) in [5.41, 5.74) is 0.562. The Morgan fingerprint density at radius 2 is 1.46 bits per heavy atom. The van der Waals surface area contributed by atoms with Gasteiger partial charge in [0.2, 0.25) is 0 Å². The second kappa shape index (κ2) is 16.4. The topological polar surface area (TPSA) is 136 Å². The van der Waals surface area contributed by atoms with E-state index in [0.29, 0.717) is 12.0 Å². The molecular weight excluding hydrogens is 486 g/mol. The van der Waals surface area contributed by atoms with Crippen molar-refractivity contribution in [3.63, 3.8) is 0 Å². The molecule has 0 saturated carbocycles. The first kappa shape index (κ1) is 31.7. The minimum absolute atomic E-state index is 0.0645. The van der Waals surface area contributed by atoms with Crippen molar-refractivity contribution in [3.05, 3.63) is 23.8 Å². The number of hydrogen-bond acceptors (Lipinski definition) is 11. The number of hydrogen-bond donors (Lipinski definition) is 1. The average molecular weight is 526 g/mol. The van der Waals surface area contributed by atoms with Gasteiger partial charge in [-0.05, 0) is 65.2 Å². The third-order valence-electron chi connectivity index (χ3n) is 4.70. The second-order valence-electron chi connectivity index (χ2n) is 8.91. The molecule has 0 radical (unpaired) electrons. The summed E-state index contributed by atoms with van der Waals surface area (Å²) in [4.78, 5) is 48.4. The van der Waals surface area contributed by atoms with Gasteiger partial charge in [-0.3, -0.25) is 9.59 Å². The van der Waals surface area contributed by atoms with E-state index in [1.165, 1.54) is 19.2 Å². The largest absolute Gasteiger partial charge is 0.514 e. The highest BCUT2D eigenvalue weighted by molar-refractivity contribution is 5.76. The molecule has 0 bridgehead atoms. The van der Waals surface area contributed by atoms with Gasteiger partial charge in [-0.15, -0.1) is 0 Å². The quantitative estimate of drug-likeness (QED) is 0.211. The van der Waals surface area contributed by atoms with Crippen LogP contribution in [-0.2, 0) is 35.0 Å². The van der Waals surface area contributed by atoms with E-state index in [0.717, 1.165) is 12.8 Å². The van der Waals surface area contributed by atoms with Gasteiger partial charge in [0.1, 0.15) is 12.1 Å². The molecule has 37 heavy (non-hydrogen) atoms. The maximum atomic E-state index is 12.4. The van der Waals surface area contributed by atoms with Crippen molar-refractivity contribution in [2.75, 3.05) is 13.7 Å². The van der Waals surface area contributed by atoms with E-state index in [-0.39, 0.29) is 30.4 Å². The first-order valence-electron chi connectivity index (χ1n) is 12.4. The molecule has 0 aliphatic rings. The zero-order chi connectivity index (χ0) is 28.0. The maximum Gasteiger partial charge on any atom is 0.514 e. The Morgan fingerprint density at radius 1 is 0.865 bits per heavy atom. The zero-order valence-corrected chi connectivity index (χ0v) is 22.7. The summed E-state index contributed by atoms with van der Waals surface area (Å²) in [6, 6.07) is 3.67. The Labute approximate surface area is 218 Å². The van der Waals surface area contributed by atoms with Gasteiger partial charge in [-0.25, -0.2) is 9.59 Å². The van der Waals surface area contributed by atoms with Gasteiger partial charge in [0, 0.05) is 13.0 Å². The molecule has 11 heteroatoms. The van der Waals surface area contributed by atoms with Crippen LogP contribution >= 0.6 is 0 Å². The predicted octanol–water partition coefficient (Wildman–Crippen LogP) is 4.33. The van der Waals surface area contributed by atoms with E-state index in [1.807, 2.05) is 6.92 Å². The fourth-order valence-electron chi connectivity index (χ4n) is 3.03.